The Morgan fingerprint density at radius 2 is 1.94 bits per heavy atom. The van der Waals surface area contributed by atoms with Gasteiger partial charge >= 0.3 is 8.26 Å². The summed E-state index contributed by atoms with van der Waals surface area (Å²) >= 11 is 0. The minimum absolute atomic E-state index is 0.112. The molecule has 0 saturated carbocycles. The highest BCUT2D eigenvalue weighted by Crippen LogP contribution is 2.02. The molecule has 96 valence electrons. The van der Waals surface area contributed by atoms with Crippen molar-refractivity contribution in [2.24, 2.45) is 0 Å². The zero-order valence-corrected chi connectivity index (χ0v) is 11.1. The Labute approximate surface area is 108 Å². The van der Waals surface area contributed by atoms with Crippen molar-refractivity contribution in [2.45, 2.75) is 13.5 Å². The van der Waals surface area contributed by atoms with Crippen LogP contribution < -0.4 is 5.32 Å². The zero-order chi connectivity index (χ0) is 13.5. The number of nitrogens with one attached hydrogen (secondary N) is 1. The summed E-state index contributed by atoms with van der Waals surface area (Å²) in [5.74, 6) is -0.392. The molecule has 0 fully saturated rings. The molecule has 1 amide bonds. The van der Waals surface area contributed by atoms with Gasteiger partial charge in [-0.05, 0) is 17.7 Å². The van der Waals surface area contributed by atoms with Gasteiger partial charge in [-0.25, -0.2) is 4.39 Å². The van der Waals surface area contributed by atoms with Gasteiger partial charge in [0.1, 0.15) is 5.82 Å². The summed E-state index contributed by atoms with van der Waals surface area (Å²) < 4.78 is 30.9. The lowest BCUT2D eigenvalue weighted by Crippen LogP contribution is -2.18. The van der Waals surface area contributed by atoms with Crippen LogP contribution in [0.1, 0.15) is 12.5 Å². The van der Waals surface area contributed by atoms with Gasteiger partial charge < -0.3 is 5.32 Å². The molecule has 0 heterocycles. The molecule has 0 radical (unpaired) electrons. The molecule has 0 saturated heterocycles. The molecule has 1 rings (SSSR count). The number of hydrogen-bond acceptors (Lipinski definition) is 3. The van der Waals surface area contributed by atoms with Crippen molar-refractivity contribution < 1.29 is 17.6 Å². The van der Waals surface area contributed by atoms with Crippen molar-refractivity contribution >= 4 is 35.5 Å². The van der Waals surface area contributed by atoms with Crippen molar-refractivity contribution in [3.63, 3.8) is 0 Å². The van der Waals surface area contributed by atoms with Gasteiger partial charge in [-0.2, -0.15) is 8.42 Å². The fraction of sp³-hybridized carbons (Fsp3) is 0.222. The van der Waals surface area contributed by atoms with Crippen LogP contribution in [0.5, 0.6) is 0 Å². The Hall–Kier alpha value is -0.850. The number of carbonyl (C=O) groups is 1. The molecule has 0 aromatic heterocycles. The summed E-state index contributed by atoms with van der Waals surface area (Å²) in [7, 11) is 4.81. The van der Waals surface area contributed by atoms with Crippen LogP contribution in [0.15, 0.2) is 24.3 Å². The Morgan fingerprint density at radius 3 is 2.35 bits per heavy atom. The number of rotatable bonds is 2. The first-order valence-corrected chi connectivity index (χ1v) is 7.45. The number of halogens is 3. The fourth-order valence-electron chi connectivity index (χ4n) is 0.873. The van der Waals surface area contributed by atoms with E-state index in [9.17, 15) is 9.18 Å². The van der Waals surface area contributed by atoms with E-state index in [4.69, 9.17) is 8.42 Å². The summed E-state index contributed by atoms with van der Waals surface area (Å²) in [6.07, 6.45) is 0. The van der Waals surface area contributed by atoms with Crippen LogP contribution in [0, 0.1) is 5.82 Å². The van der Waals surface area contributed by atoms with Gasteiger partial charge in [0, 0.05) is 34.8 Å². The Morgan fingerprint density at radius 1 is 1.41 bits per heavy atom. The summed E-state index contributed by atoms with van der Waals surface area (Å²) in [5.41, 5.74) is 0.769. The van der Waals surface area contributed by atoms with Crippen LogP contribution in [0.2, 0.25) is 0 Å². The molecular formula is C9H10Cl2FNO3S. The molecule has 4 nitrogen and oxygen atoms in total. The summed E-state index contributed by atoms with van der Waals surface area (Å²) in [6.45, 7) is 1.81. The molecule has 0 aliphatic carbocycles. The number of benzene rings is 1. The maximum Gasteiger partial charge on any atom is 0.317 e. The first kappa shape index (κ1) is 16.1. The first-order valence-electron chi connectivity index (χ1n) is 4.31. The van der Waals surface area contributed by atoms with E-state index in [1.165, 1.54) is 19.1 Å². The van der Waals surface area contributed by atoms with E-state index < -0.39 is 8.26 Å². The lowest BCUT2D eigenvalue weighted by Gasteiger charge is -2.01. The van der Waals surface area contributed by atoms with Crippen molar-refractivity contribution in [2.75, 3.05) is 0 Å². The topological polar surface area (TPSA) is 63.2 Å². The second-order valence-electron chi connectivity index (χ2n) is 2.92. The maximum absolute atomic E-state index is 12.6. The molecule has 8 heteroatoms. The molecule has 0 spiro atoms. The average Bonchev–Trinajstić information content (AvgIpc) is 2.12. The van der Waals surface area contributed by atoms with Gasteiger partial charge in [-0.1, -0.05) is 12.1 Å². The molecule has 1 aromatic carbocycles. The first-order chi connectivity index (χ1) is 7.68. The van der Waals surface area contributed by atoms with E-state index in [0.717, 1.165) is 5.56 Å². The summed E-state index contributed by atoms with van der Waals surface area (Å²) in [4.78, 5) is 10.5. The standard InChI is InChI=1S/C9H10FNO.Cl2O2S/c1-7(12)11-6-8-3-2-4-9(10)5-8;1-5(2,3)4/h2-5H,6H2,1H3,(H,11,12);. The van der Waals surface area contributed by atoms with E-state index in [1.807, 2.05) is 0 Å². The van der Waals surface area contributed by atoms with E-state index in [0.29, 0.717) is 6.54 Å². The zero-order valence-electron chi connectivity index (χ0n) is 8.78. The van der Waals surface area contributed by atoms with Crippen molar-refractivity contribution in [1.29, 1.82) is 0 Å². The second kappa shape index (κ2) is 7.47. The molecule has 0 atom stereocenters. The lowest BCUT2D eigenvalue weighted by atomic mass is 10.2. The molecule has 0 unspecified atom stereocenters. The lowest BCUT2D eigenvalue weighted by molar-refractivity contribution is -0.119. The van der Waals surface area contributed by atoms with E-state index in [2.05, 4.69) is 26.7 Å². The SMILES string of the molecule is CC(=O)NCc1cccc(F)c1.O=S(=O)(Cl)Cl. The minimum Gasteiger partial charge on any atom is -0.352 e. The highest BCUT2D eigenvalue weighted by molar-refractivity contribution is 8.31. The molecule has 0 aliphatic rings. The summed E-state index contributed by atoms with van der Waals surface area (Å²) in [6, 6.07) is 6.15. The van der Waals surface area contributed by atoms with Gasteiger partial charge in [0.15, 0.2) is 0 Å². The third-order valence-corrected chi connectivity index (χ3v) is 1.43. The third kappa shape index (κ3) is 13.1. The molecule has 0 aliphatic heterocycles. The van der Waals surface area contributed by atoms with Gasteiger partial charge in [-0.3, -0.25) is 4.79 Å². The van der Waals surface area contributed by atoms with Crippen LogP contribution in [-0.4, -0.2) is 14.3 Å². The van der Waals surface area contributed by atoms with E-state index in [-0.39, 0.29) is 11.7 Å². The smallest absolute Gasteiger partial charge is 0.317 e. The average molecular weight is 302 g/mol. The van der Waals surface area contributed by atoms with Crippen LogP contribution in [0.4, 0.5) is 4.39 Å². The van der Waals surface area contributed by atoms with Crippen molar-refractivity contribution in [1.82, 2.24) is 5.32 Å². The Balaban J connectivity index is 0.000000437. The number of carbonyl (C=O) groups excluding carboxylic acids is 1. The van der Waals surface area contributed by atoms with E-state index >= 15 is 0 Å². The molecule has 1 N–H and O–H groups in total. The maximum atomic E-state index is 12.6. The largest absolute Gasteiger partial charge is 0.352 e. The Bertz CT molecular complexity index is 471. The van der Waals surface area contributed by atoms with Crippen molar-refractivity contribution in [3.8, 4) is 0 Å². The van der Waals surface area contributed by atoms with Crippen molar-refractivity contribution in [3.05, 3.63) is 35.6 Å². The normalized spacial score (nSPS) is 10.1. The quantitative estimate of drug-likeness (QED) is 0.852. The molecule has 1 aromatic rings. The highest BCUT2D eigenvalue weighted by Gasteiger charge is 1.95. The van der Waals surface area contributed by atoms with Gasteiger partial charge in [0.25, 0.3) is 0 Å². The van der Waals surface area contributed by atoms with Gasteiger partial charge in [0.05, 0.1) is 0 Å². The van der Waals surface area contributed by atoms with Crippen LogP contribution in [0.3, 0.4) is 0 Å². The fourth-order valence-corrected chi connectivity index (χ4v) is 0.873. The second-order valence-corrected chi connectivity index (χ2v) is 6.59. The predicted octanol–water partition coefficient (Wildman–Crippen LogP) is 2.17. The predicted molar refractivity (Wildman–Crippen MR) is 64.5 cm³/mol. The van der Waals surface area contributed by atoms with Crippen LogP contribution in [-0.2, 0) is 19.6 Å². The molecule has 0 bridgehead atoms. The van der Waals surface area contributed by atoms with Crippen LogP contribution in [0.25, 0.3) is 0 Å². The van der Waals surface area contributed by atoms with Gasteiger partial charge in [-0.15, -0.1) is 0 Å². The highest BCUT2D eigenvalue weighted by atomic mass is 36.0. The number of amides is 1. The molecule has 17 heavy (non-hydrogen) atoms. The van der Waals surface area contributed by atoms with E-state index in [1.54, 1.807) is 12.1 Å². The third-order valence-electron chi connectivity index (χ3n) is 1.43. The minimum atomic E-state index is -3.72. The summed E-state index contributed by atoms with van der Waals surface area (Å²) in [5, 5.41) is 2.58. The van der Waals surface area contributed by atoms with Crippen LogP contribution >= 0.6 is 21.4 Å². The van der Waals surface area contributed by atoms with Gasteiger partial charge in [0.2, 0.25) is 5.91 Å². The molecular weight excluding hydrogens is 292 g/mol. The Kier molecular flexibility index (Phi) is 7.10. The number of hydrogen-bond donors (Lipinski definition) is 1. The monoisotopic (exact) mass is 301 g/mol.